The largest absolute Gasteiger partial charge is 0.354 e. The van der Waals surface area contributed by atoms with Crippen LogP contribution in [-0.2, 0) is 4.79 Å². The van der Waals surface area contributed by atoms with Gasteiger partial charge in [0.1, 0.15) is 0 Å². The Balaban J connectivity index is 1.81. The van der Waals surface area contributed by atoms with E-state index in [1.165, 1.54) is 32.1 Å². The van der Waals surface area contributed by atoms with E-state index in [2.05, 4.69) is 11.6 Å². The van der Waals surface area contributed by atoms with E-state index >= 15 is 0 Å². The van der Waals surface area contributed by atoms with Gasteiger partial charge in [-0.2, -0.15) is 11.8 Å². The highest BCUT2D eigenvalue weighted by molar-refractivity contribution is 8.00. The molecule has 4 heteroatoms. The van der Waals surface area contributed by atoms with Gasteiger partial charge in [0.05, 0.1) is 0 Å². The summed E-state index contributed by atoms with van der Waals surface area (Å²) in [5.41, 5.74) is 5.97. The van der Waals surface area contributed by atoms with E-state index in [-0.39, 0.29) is 17.9 Å². The fourth-order valence-corrected chi connectivity index (χ4v) is 4.42. The van der Waals surface area contributed by atoms with E-state index in [1.54, 1.807) is 0 Å². The van der Waals surface area contributed by atoms with E-state index in [1.807, 2.05) is 11.8 Å². The lowest BCUT2D eigenvalue weighted by Crippen LogP contribution is -2.45. The summed E-state index contributed by atoms with van der Waals surface area (Å²) in [6.07, 6.45) is 12.7. The third kappa shape index (κ3) is 4.12. The molecule has 0 spiro atoms. The highest BCUT2D eigenvalue weighted by Gasteiger charge is 2.33. The van der Waals surface area contributed by atoms with Gasteiger partial charge in [-0.15, -0.1) is 0 Å². The van der Waals surface area contributed by atoms with Crippen molar-refractivity contribution in [2.24, 2.45) is 11.7 Å². The van der Waals surface area contributed by atoms with E-state index in [0.29, 0.717) is 4.75 Å². The highest BCUT2D eigenvalue weighted by Crippen LogP contribution is 2.38. The number of rotatable bonds is 4. The first-order valence-electron chi connectivity index (χ1n) is 7.74. The quantitative estimate of drug-likeness (QED) is 0.834. The Morgan fingerprint density at radius 3 is 2.63 bits per heavy atom. The molecule has 0 saturated heterocycles. The number of thioether (sulfide) groups is 1. The number of nitrogens with one attached hydrogen (secondary N) is 1. The molecule has 2 unspecified atom stereocenters. The molecule has 2 rings (SSSR count). The van der Waals surface area contributed by atoms with E-state index < -0.39 is 0 Å². The van der Waals surface area contributed by atoms with Crippen molar-refractivity contribution in [3.8, 4) is 0 Å². The van der Waals surface area contributed by atoms with Gasteiger partial charge in [0.15, 0.2) is 0 Å². The SMILES string of the molecule is CSC1(CNC(=O)C2CCCC(N)C2)CCCCC1. The molecule has 2 aliphatic carbocycles. The summed E-state index contributed by atoms with van der Waals surface area (Å²) in [6, 6.07) is 0.230. The van der Waals surface area contributed by atoms with Crippen molar-refractivity contribution in [3.63, 3.8) is 0 Å². The summed E-state index contributed by atoms with van der Waals surface area (Å²) in [6.45, 7) is 0.846. The van der Waals surface area contributed by atoms with Crippen molar-refractivity contribution < 1.29 is 4.79 Å². The standard InChI is InChI=1S/C15H28N2OS/c1-19-15(8-3-2-4-9-15)11-17-14(18)12-6-5-7-13(16)10-12/h12-13H,2-11,16H2,1H3,(H,17,18). The van der Waals surface area contributed by atoms with Crippen LogP contribution in [0.5, 0.6) is 0 Å². The second kappa shape index (κ2) is 6.98. The van der Waals surface area contributed by atoms with Crippen LogP contribution in [-0.4, -0.2) is 29.5 Å². The normalized spacial score (nSPS) is 30.8. The molecule has 3 nitrogen and oxygen atoms in total. The van der Waals surface area contributed by atoms with Crippen LogP contribution in [0, 0.1) is 5.92 Å². The Hall–Kier alpha value is -0.220. The minimum atomic E-state index is 0.159. The summed E-state index contributed by atoms with van der Waals surface area (Å²) in [7, 11) is 0. The van der Waals surface area contributed by atoms with Crippen molar-refractivity contribution in [1.82, 2.24) is 5.32 Å². The zero-order valence-electron chi connectivity index (χ0n) is 12.1. The van der Waals surface area contributed by atoms with Crippen LogP contribution in [0.15, 0.2) is 0 Å². The lowest BCUT2D eigenvalue weighted by Gasteiger charge is -2.36. The van der Waals surface area contributed by atoms with Crippen molar-refractivity contribution in [3.05, 3.63) is 0 Å². The monoisotopic (exact) mass is 284 g/mol. The Kier molecular flexibility index (Phi) is 5.58. The molecule has 0 bridgehead atoms. The van der Waals surface area contributed by atoms with Crippen molar-refractivity contribution in [2.75, 3.05) is 12.8 Å². The first kappa shape index (κ1) is 15.2. The zero-order valence-corrected chi connectivity index (χ0v) is 12.9. The molecule has 19 heavy (non-hydrogen) atoms. The van der Waals surface area contributed by atoms with Crippen LogP contribution >= 0.6 is 11.8 Å². The summed E-state index contributed by atoms with van der Waals surface area (Å²) in [5.74, 6) is 0.403. The van der Waals surface area contributed by atoms with Crippen LogP contribution in [0.2, 0.25) is 0 Å². The number of carbonyl (C=O) groups is 1. The van der Waals surface area contributed by atoms with Crippen LogP contribution in [0.1, 0.15) is 57.8 Å². The Morgan fingerprint density at radius 1 is 1.26 bits per heavy atom. The average Bonchev–Trinajstić information content (AvgIpc) is 2.46. The number of amides is 1. The maximum absolute atomic E-state index is 12.3. The van der Waals surface area contributed by atoms with E-state index in [9.17, 15) is 4.79 Å². The molecule has 0 heterocycles. The van der Waals surface area contributed by atoms with Crippen LogP contribution < -0.4 is 11.1 Å². The van der Waals surface area contributed by atoms with Gasteiger partial charge in [0.2, 0.25) is 5.91 Å². The fraction of sp³-hybridized carbons (Fsp3) is 0.933. The molecule has 2 aliphatic rings. The van der Waals surface area contributed by atoms with Crippen LogP contribution in [0.3, 0.4) is 0 Å². The second-order valence-corrected chi connectivity index (χ2v) is 7.56. The third-order valence-corrected chi connectivity index (χ3v) is 6.29. The molecule has 1 amide bonds. The topological polar surface area (TPSA) is 55.1 Å². The van der Waals surface area contributed by atoms with Gasteiger partial charge in [-0.1, -0.05) is 25.7 Å². The van der Waals surface area contributed by atoms with Gasteiger partial charge in [0, 0.05) is 23.3 Å². The lowest BCUT2D eigenvalue weighted by atomic mass is 9.85. The second-order valence-electron chi connectivity index (χ2n) is 6.29. The maximum atomic E-state index is 12.3. The van der Waals surface area contributed by atoms with Crippen molar-refractivity contribution in [1.29, 1.82) is 0 Å². The van der Waals surface area contributed by atoms with E-state index in [0.717, 1.165) is 32.2 Å². The predicted molar refractivity (Wildman–Crippen MR) is 82.3 cm³/mol. The third-order valence-electron chi connectivity index (χ3n) is 4.87. The molecule has 110 valence electrons. The summed E-state index contributed by atoms with van der Waals surface area (Å²) < 4.78 is 0.296. The molecule has 0 radical (unpaired) electrons. The number of hydrogen-bond acceptors (Lipinski definition) is 3. The minimum absolute atomic E-state index is 0.159. The first-order valence-corrected chi connectivity index (χ1v) is 8.96. The van der Waals surface area contributed by atoms with Crippen molar-refractivity contribution in [2.45, 2.75) is 68.6 Å². The molecular formula is C15H28N2OS. The van der Waals surface area contributed by atoms with Gasteiger partial charge < -0.3 is 11.1 Å². The van der Waals surface area contributed by atoms with Crippen LogP contribution in [0.4, 0.5) is 0 Å². The number of nitrogens with two attached hydrogens (primary N) is 1. The Labute approximate surface area is 121 Å². The van der Waals surface area contributed by atoms with E-state index in [4.69, 9.17) is 5.73 Å². The summed E-state index contributed by atoms with van der Waals surface area (Å²) in [5, 5.41) is 3.22. The molecule has 0 aromatic rings. The minimum Gasteiger partial charge on any atom is -0.354 e. The van der Waals surface area contributed by atoms with Gasteiger partial charge in [-0.05, 0) is 38.4 Å². The molecule has 0 aromatic heterocycles. The predicted octanol–water partition coefficient (Wildman–Crippen LogP) is 2.69. The molecule has 3 N–H and O–H groups in total. The fourth-order valence-electron chi connectivity index (χ4n) is 3.51. The van der Waals surface area contributed by atoms with Crippen molar-refractivity contribution >= 4 is 17.7 Å². The molecule has 2 fully saturated rings. The summed E-state index contributed by atoms with van der Waals surface area (Å²) in [4.78, 5) is 12.3. The lowest BCUT2D eigenvalue weighted by molar-refractivity contribution is -0.126. The molecule has 2 atom stereocenters. The Morgan fingerprint density at radius 2 is 2.00 bits per heavy atom. The average molecular weight is 284 g/mol. The molecule has 0 aromatic carbocycles. The first-order chi connectivity index (χ1) is 9.15. The molecular weight excluding hydrogens is 256 g/mol. The summed E-state index contributed by atoms with van der Waals surface area (Å²) >= 11 is 1.94. The van der Waals surface area contributed by atoms with Gasteiger partial charge in [-0.25, -0.2) is 0 Å². The Bertz CT molecular complexity index is 303. The van der Waals surface area contributed by atoms with Gasteiger partial charge in [-0.3, -0.25) is 4.79 Å². The number of hydrogen-bond donors (Lipinski definition) is 2. The smallest absolute Gasteiger partial charge is 0.223 e. The van der Waals surface area contributed by atoms with Crippen LogP contribution in [0.25, 0.3) is 0 Å². The highest BCUT2D eigenvalue weighted by atomic mass is 32.2. The molecule has 0 aliphatic heterocycles. The zero-order chi connectivity index (χ0) is 13.7. The van der Waals surface area contributed by atoms with Gasteiger partial charge in [0.25, 0.3) is 0 Å². The molecule has 2 saturated carbocycles. The number of carbonyl (C=O) groups excluding carboxylic acids is 1. The maximum Gasteiger partial charge on any atom is 0.223 e. The van der Waals surface area contributed by atoms with Gasteiger partial charge >= 0.3 is 0 Å².